The van der Waals surface area contributed by atoms with Gasteiger partial charge in [-0.25, -0.2) is 9.55 Å². The van der Waals surface area contributed by atoms with Crippen molar-refractivity contribution in [1.29, 1.82) is 0 Å². The largest absolute Gasteiger partial charge is 0.358 e. The van der Waals surface area contributed by atoms with Crippen LogP contribution in [0.15, 0.2) is 18.3 Å². The van der Waals surface area contributed by atoms with Crippen LogP contribution in [0.1, 0.15) is 0 Å². The number of halogens is 1. The first-order chi connectivity index (χ1) is 6.61. The molecule has 0 aliphatic heterocycles. The number of aromatic nitrogens is 2. The average Bonchev–Trinajstić information content (AvgIpc) is 2.46. The van der Waals surface area contributed by atoms with E-state index in [9.17, 15) is 10.1 Å². The highest BCUT2D eigenvalue weighted by molar-refractivity contribution is 6.34. The predicted molar refractivity (Wildman–Crippen MR) is 52.4 cm³/mol. The Morgan fingerprint density at radius 3 is 2.93 bits per heavy atom. The third kappa shape index (κ3) is 1.13. The van der Waals surface area contributed by atoms with Gasteiger partial charge in [0.25, 0.3) is 0 Å². The summed E-state index contributed by atoms with van der Waals surface area (Å²) in [4.78, 5) is 14.0. The molecule has 0 amide bonds. The quantitative estimate of drug-likeness (QED) is 0.412. The number of aryl methyl sites for hydroxylation is 1. The Hall–Kier alpha value is -1.62. The molecule has 0 atom stereocenters. The maximum Gasteiger partial charge on any atom is 0.324 e. The Balaban J connectivity index is 2.86. The minimum absolute atomic E-state index is 0.00917. The van der Waals surface area contributed by atoms with Crippen LogP contribution in [0.2, 0.25) is 5.15 Å². The summed E-state index contributed by atoms with van der Waals surface area (Å²) in [5.41, 5.74) is 0.705. The van der Waals surface area contributed by atoms with Gasteiger partial charge in [0.05, 0.1) is 12.4 Å². The minimum Gasteiger partial charge on any atom is -0.358 e. The van der Waals surface area contributed by atoms with E-state index in [-0.39, 0.29) is 11.0 Å². The topological polar surface area (TPSA) is 61.0 Å². The minimum atomic E-state index is -0.448. The summed E-state index contributed by atoms with van der Waals surface area (Å²) in [5, 5.41) is 11.5. The number of rotatable bonds is 1. The third-order valence-corrected chi connectivity index (χ3v) is 2.39. The molecule has 6 heteroatoms. The van der Waals surface area contributed by atoms with Crippen molar-refractivity contribution in [3.63, 3.8) is 0 Å². The number of nitro groups is 1. The van der Waals surface area contributed by atoms with Crippen LogP contribution < -0.4 is 0 Å². The predicted octanol–water partition coefficient (Wildman–Crippen LogP) is 2.13. The van der Waals surface area contributed by atoms with Crippen molar-refractivity contribution in [3.8, 4) is 0 Å². The second-order valence-electron chi connectivity index (χ2n) is 2.85. The molecule has 0 unspecified atom stereocenters. The van der Waals surface area contributed by atoms with Gasteiger partial charge >= 0.3 is 5.82 Å². The number of hydrogen-bond donors (Lipinski definition) is 0. The van der Waals surface area contributed by atoms with Crippen molar-refractivity contribution >= 4 is 28.3 Å². The summed E-state index contributed by atoms with van der Waals surface area (Å²) in [6.45, 7) is 0. The van der Waals surface area contributed by atoms with Crippen LogP contribution in [-0.2, 0) is 7.05 Å². The Kier molecular flexibility index (Phi) is 1.89. The Labute approximate surface area is 84.1 Å². The van der Waals surface area contributed by atoms with E-state index in [1.807, 2.05) is 0 Å². The van der Waals surface area contributed by atoms with E-state index in [1.54, 1.807) is 13.1 Å². The molecule has 0 radical (unpaired) electrons. The first kappa shape index (κ1) is 8.96. The molecular formula is C8H6ClN3O2. The van der Waals surface area contributed by atoms with Gasteiger partial charge in [0, 0.05) is 18.3 Å². The Morgan fingerprint density at radius 1 is 1.64 bits per heavy atom. The summed E-state index contributed by atoms with van der Waals surface area (Å²) < 4.78 is 1.48. The molecule has 0 N–H and O–H groups in total. The molecule has 14 heavy (non-hydrogen) atoms. The van der Waals surface area contributed by atoms with Gasteiger partial charge in [0.1, 0.15) is 10.7 Å². The van der Waals surface area contributed by atoms with Gasteiger partial charge in [0.2, 0.25) is 0 Å². The van der Waals surface area contributed by atoms with Crippen LogP contribution in [0, 0.1) is 10.1 Å². The zero-order valence-corrected chi connectivity index (χ0v) is 8.02. The van der Waals surface area contributed by atoms with E-state index in [2.05, 4.69) is 4.98 Å². The SMILES string of the molecule is Cn1c([N+](=O)[O-])cc2c(Cl)nccc21. The standard InChI is InChI=1S/C8H6ClN3O2/c1-11-6-2-3-10-8(9)5(6)4-7(11)12(13)14/h2-4H,1H3. The molecule has 0 aliphatic rings. The van der Waals surface area contributed by atoms with Crippen LogP contribution in [0.4, 0.5) is 5.82 Å². The monoisotopic (exact) mass is 211 g/mol. The molecular weight excluding hydrogens is 206 g/mol. The van der Waals surface area contributed by atoms with Crippen LogP contribution >= 0.6 is 11.6 Å². The highest BCUT2D eigenvalue weighted by atomic mass is 35.5. The fraction of sp³-hybridized carbons (Fsp3) is 0.125. The first-order valence-electron chi connectivity index (χ1n) is 3.85. The number of fused-ring (bicyclic) bond motifs is 1. The summed E-state index contributed by atoms with van der Waals surface area (Å²) in [5.74, 6) is 0.00917. The molecule has 0 fully saturated rings. The number of pyridine rings is 1. The zero-order chi connectivity index (χ0) is 10.3. The molecule has 2 aromatic rings. The fourth-order valence-electron chi connectivity index (χ4n) is 1.39. The molecule has 0 bridgehead atoms. The smallest absolute Gasteiger partial charge is 0.324 e. The van der Waals surface area contributed by atoms with Gasteiger partial charge in [-0.1, -0.05) is 11.6 Å². The lowest BCUT2D eigenvalue weighted by Gasteiger charge is -1.94. The van der Waals surface area contributed by atoms with Gasteiger partial charge in [0.15, 0.2) is 0 Å². The van der Waals surface area contributed by atoms with E-state index in [0.29, 0.717) is 10.9 Å². The second kappa shape index (κ2) is 2.95. The van der Waals surface area contributed by atoms with Gasteiger partial charge < -0.3 is 10.1 Å². The van der Waals surface area contributed by atoms with Crippen molar-refractivity contribution in [2.75, 3.05) is 0 Å². The molecule has 0 saturated carbocycles. The fourth-order valence-corrected chi connectivity index (χ4v) is 1.60. The Bertz CT molecular complexity index is 521. The first-order valence-corrected chi connectivity index (χ1v) is 4.23. The third-order valence-electron chi connectivity index (χ3n) is 2.08. The van der Waals surface area contributed by atoms with Crippen molar-refractivity contribution < 1.29 is 4.92 Å². The second-order valence-corrected chi connectivity index (χ2v) is 3.21. The molecule has 0 aromatic carbocycles. The van der Waals surface area contributed by atoms with Gasteiger partial charge in [-0.2, -0.15) is 0 Å². The molecule has 5 nitrogen and oxygen atoms in total. The summed E-state index contributed by atoms with van der Waals surface area (Å²) in [7, 11) is 1.62. The highest BCUT2D eigenvalue weighted by Crippen LogP contribution is 2.27. The van der Waals surface area contributed by atoms with Gasteiger partial charge in [-0.3, -0.25) is 0 Å². The van der Waals surface area contributed by atoms with Crippen LogP contribution in [0.3, 0.4) is 0 Å². The van der Waals surface area contributed by atoms with E-state index >= 15 is 0 Å². The summed E-state index contributed by atoms with van der Waals surface area (Å²) in [6, 6.07) is 3.11. The number of hydrogen-bond acceptors (Lipinski definition) is 3. The summed E-state index contributed by atoms with van der Waals surface area (Å²) in [6.07, 6.45) is 1.52. The molecule has 72 valence electrons. The van der Waals surface area contributed by atoms with Crippen molar-refractivity contribution in [2.45, 2.75) is 0 Å². The van der Waals surface area contributed by atoms with E-state index in [0.717, 1.165) is 0 Å². The highest BCUT2D eigenvalue weighted by Gasteiger charge is 2.17. The van der Waals surface area contributed by atoms with Crippen LogP contribution in [-0.4, -0.2) is 14.5 Å². The molecule has 2 rings (SSSR count). The van der Waals surface area contributed by atoms with E-state index < -0.39 is 4.92 Å². The van der Waals surface area contributed by atoms with Gasteiger partial charge in [-0.05, 0) is 4.92 Å². The lowest BCUT2D eigenvalue weighted by atomic mass is 10.3. The van der Waals surface area contributed by atoms with Crippen molar-refractivity contribution in [2.24, 2.45) is 7.05 Å². The van der Waals surface area contributed by atoms with Crippen molar-refractivity contribution in [3.05, 3.63) is 33.6 Å². The van der Waals surface area contributed by atoms with Crippen LogP contribution in [0.5, 0.6) is 0 Å². The summed E-state index contributed by atoms with van der Waals surface area (Å²) >= 11 is 5.80. The zero-order valence-electron chi connectivity index (χ0n) is 7.27. The molecule has 0 aliphatic carbocycles. The maximum atomic E-state index is 10.6. The maximum absolute atomic E-state index is 10.6. The van der Waals surface area contributed by atoms with Gasteiger partial charge in [-0.15, -0.1) is 0 Å². The Morgan fingerprint density at radius 2 is 2.36 bits per heavy atom. The molecule has 2 heterocycles. The van der Waals surface area contributed by atoms with E-state index in [4.69, 9.17) is 11.6 Å². The van der Waals surface area contributed by atoms with E-state index in [1.165, 1.54) is 16.8 Å². The van der Waals surface area contributed by atoms with Crippen LogP contribution in [0.25, 0.3) is 10.9 Å². The molecule has 0 spiro atoms. The van der Waals surface area contributed by atoms with Crippen molar-refractivity contribution in [1.82, 2.24) is 9.55 Å². The molecule has 0 saturated heterocycles. The number of nitrogens with zero attached hydrogens (tertiary/aromatic N) is 3. The molecule has 2 aromatic heterocycles. The normalized spacial score (nSPS) is 10.7. The lowest BCUT2D eigenvalue weighted by molar-refractivity contribution is -0.391. The lowest BCUT2D eigenvalue weighted by Crippen LogP contribution is -1.95. The average molecular weight is 212 g/mol.